The fourth-order valence-electron chi connectivity index (χ4n) is 0.903. The highest BCUT2D eigenvalue weighted by Crippen LogP contribution is 2.18. The minimum Gasteiger partial charge on any atom is -0.348 e. The number of carbonyl (C=O) groups excluding carboxylic acids is 1. The third kappa shape index (κ3) is 1.58. The van der Waals surface area contributed by atoms with Gasteiger partial charge in [0.15, 0.2) is 0 Å². The van der Waals surface area contributed by atoms with E-state index in [0.717, 1.165) is 12.8 Å². The van der Waals surface area contributed by atoms with Crippen LogP contribution in [0.25, 0.3) is 0 Å². The summed E-state index contributed by atoms with van der Waals surface area (Å²) in [5.41, 5.74) is 0.393. The van der Waals surface area contributed by atoms with Gasteiger partial charge in [-0.25, -0.2) is 4.98 Å². The van der Waals surface area contributed by atoms with Crippen LogP contribution in [-0.2, 0) is 0 Å². The molecule has 2 rings (SSSR count). The van der Waals surface area contributed by atoms with E-state index in [1.807, 2.05) is 0 Å². The van der Waals surface area contributed by atoms with Crippen LogP contribution in [0.1, 0.15) is 23.3 Å². The van der Waals surface area contributed by atoms with Gasteiger partial charge < -0.3 is 5.32 Å². The molecule has 4 nitrogen and oxygen atoms in total. The topological polar surface area (TPSA) is 54.9 Å². The molecule has 1 aliphatic rings. The predicted molar refractivity (Wildman–Crippen MR) is 42.5 cm³/mol. The molecule has 1 aliphatic carbocycles. The van der Waals surface area contributed by atoms with E-state index in [2.05, 4.69) is 15.3 Å². The van der Waals surface area contributed by atoms with Crippen molar-refractivity contribution in [3.05, 3.63) is 24.3 Å². The Labute approximate surface area is 70.0 Å². The van der Waals surface area contributed by atoms with E-state index < -0.39 is 0 Å². The zero-order valence-corrected chi connectivity index (χ0v) is 6.53. The molecule has 4 heteroatoms. The summed E-state index contributed by atoms with van der Waals surface area (Å²) in [5, 5.41) is 2.83. The summed E-state index contributed by atoms with van der Waals surface area (Å²) in [7, 11) is 0. The number of rotatable bonds is 2. The van der Waals surface area contributed by atoms with Gasteiger partial charge in [-0.15, -0.1) is 0 Å². The molecular weight excluding hydrogens is 154 g/mol. The number of amides is 1. The zero-order chi connectivity index (χ0) is 8.39. The molecule has 12 heavy (non-hydrogen) atoms. The van der Waals surface area contributed by atoms with Crippen LogP contribution in [0.5, 0.6) is 0 Å². The fourth-order valence-corrected chi connectivity index (χ4v) is 0.903. The molecule has 1 N–H and O–H groups in total. The SMILES string of the molecule is O=C(NC1CC1)c1cnccn1. The predicted octanol–water partition coefficient (Wildman–Crippen LogP) is 0.369. The van der Waals surface area contributed by atoms with Crippen LogP contribution in [-0.4, -0.2) is 21.9 Å². The highest BCUT2D eigenvalue weighted by molar-refractivity contribution is 5.92. The van der Waals surface area contributed by atoms with Crippen LogP contribution in [0.15, 0.2) is 18.6 Å². The fraction of sp³-hybridized carbons (Fsp3) is 0.375. The van der Waals surface area contributed by atoms with E-state index in [9.17, 15) is 4.79 Å². The molecule has 1 aromatic rings. The van der Waals surface area contributed by atoms with Gasteiger partial charge >= 0.3 is 0 Å². The number of hydrogen-bond donors (Lipinski definition) is 1. The standard InChI is InChI=1S/C8H9N3O/c12-8(11-6-1-2-6)7-5-9-3-4-10-7/h3-6H,1-2H2,(H,11,12). The monoisotopic (exact) mass is 163 g/mol. The van der Waals surface area contributed by atoms with E-state index in [-0.39, 0.29) is 5.91 Å². The van der Waals surface area contributed by atoms with Crippen molar-refractivity contribution < 1.29 is 4.79 Å². The highest BCUT2D eigenvalue weighted by Gasteiger charge is 2.24. The maximum Gasteiger partial charge on any atom is 0.271 e. The van der Waals surface area contributed by atoms with E-state index in [1.54, 1.807) is 6.20 Å². The van der Waals surface area contributed by atoms with Crippen LogP contribution in [0, 0.1) is 0 Å². The lowest BCUT2D eigenvalue weighted by Crippen LogP contribution is -2.26. The summed E-state index contributed by atoms with van der Waals surface area (Å²) in [6.07, 6.45) is 6.71. The van der Waals surface area contributed by atoms with Gasteiger partial charge in [0.2, 0.25) is 0 Å². The summed E-state index contributed by atoms with van der Waals surface area (Å²) < 4.78 is 0. The molecule has 1 heterocycles. The third-order valence-corrected chi connectivity index (χ3v) is 1.71. The largest absolute Gasteiger partial charge is 0.348 e. The second-order valence-electron chi connectivity index (χ2n) is 2.84. The van der Waals surface area contributed by atoms with Gasteiger partial charge in [-0.3, -0.25) is 9.78 Å². The number of hydrogen-bond acceptors (Lipinski definition) is 3. The Balaban J connectivity index is 2.03. The van der Waals surface area contributed by atoms with Crippen LogP contribution in [0.4, 0.5) is 0 Å². The first-order valence-corrected chi connectivity index (χ1v) is 3.93. The maximum atomic E-state index is 11.3. The van der Waals surface area contributed by atoms with Crippen molar-refractivity contribution in [2.75, 3.05) is 0 Å². The molecule has 0 spiro atoms. The van der Waals surface area contributed by atoms with Crippen molar-refractivity contribution in [3.8, 4) is 0 Å². The molecule has 0 atom stereocenters. The average Bonchev–Trinajstić information content (AvgIpc) is 2.90. The Morgan fingerprint density at radius 3 is 2.92 bits per heavy atom. The summed E-state index contributed by atoms with van der Waals surface area (Å²) in [6, 6.07) is 0.375. The minimum absolute atomic E-state index is 0.120. The normalized spacial score (nSPS) is 15.7. The Hall–Kier alpha value is -1.45. The van der Waals surface area contributed by atoms with Crippen molar-refractivity contribution in [3.63, 3.8) is 0 Å². The third-order valence-electron chi connectivity index (χ3n) is 1.71. The van der Waals surface area contributed by atoms with Crippen molar-refractivity contribution in [2.24, 2.45) is 0 Å². The van der Waals surface area contributed by atoms with Crippen LogP contribution in [0.3, 0.4) is 0 Å². The summed E-state index contributed by atoms with van der Waals surface area (Å²) in [5.74, 6) is -0.120. The first-order chi connectivity index (χ1) is 5.86. The van der Waals surface area contributed by atoms with Gasteiger partial charge in [-0.2, -0.15) is 0 Å². The lowest BCUT2D eigenvalue weighted by Gasteiger charge is -1.99. The smallest absolute Gasteiger partial charge is 0.271 e. The van der Waals surface area contributed by atoms with Crippen LogP contribution < -0.4 is 5.32 Å². The lowest BCUT2D eigenvalue weighted by atomic mass is 10.4. The molecular formula is C8H9N3O. The first-order valence-electron chi connectivity index (χ1n) is 3.93. The quantitative estimate of drug-likeness (QED) is 0.685. The van der Waals surface area contributed by atoms with Crippen molar-refractivity contribution in [1.29, 1.82) is 0 Å². The van der Waals surface area contributed by atoms with Crippen molar-refractivity contribution in [1.82, 2.24) is 15.3 Å². The summed E-state index contributed by atoms with van der Waals surface area (Å²) in [4.78, 5) is 19.0. The number of nitrogens with zero attached hydrogens (tertiary/aromatic N) is 2. The Bertz CT molecular complexity index is 282. The molecule has 1 aromatic heterocycles. The molecule has 0 saturated heterocycles. The molecule has 62 valence electrons. The molecule has 1 fully saturated rings. The van der Waals surface area contributed by atoms with E-state index in [4.69, 9.17) is 0 Å². The summed E-state index contributed by atoms with van der Waals surface area (Å²) in [6.45, 7) is 0. The molecule has 0 bridgehead atoms. The second kappa shape index (κ2) is 2.89. The van der Waals surface area contributed by atoms with Crippen LogP contribution in [0.2, 0.25) is 0 Å². The zero-order valence-electron chi connectivity index (χ0n) is 6.53. The van der Waals surface area contributed by atoms with Gasteiger partial charge in [0, 0.05) is 18.4 Å². The first kappa shape index (κ1) is 7.21. The van der Waals surface area contributed by atoms with Gasteiger partial charge in [0.25, 0.3) is 5.91 Å². The van der Waals surface area contributed by atoms with E-state index >= 15 is 0 Å². The van der Waals surface area contributed by atoms with E-state index in [1.165, 1.54) is 12.4 Å². The van der Waals surface area contributed by atoms with Crippen molar-refractivity contribution in [2.45, 2.75) is 18.9 Å². The molecule has 0 aromatic carbocycles. The second-order valence-corrected chi connectivity index (χ2v) is 2.84. The molecule has 1 amide bonds. The number of carbonyl (C=O) groups is 1. The lowest BCUT2D eigenvalue weighted by molar-refractivity contribution is 0.0945. The molecule has 0 aliphatic heterocycles. The molecule has 0 unspecified atom stereocenters. The highest BCUT2D eigenvalue weighted by atomic mass is 16.2. The molecule has 0 radical (unpaired) electrons. The molecule has 1 saturated carbocycles. The number of nitrogens with one attached hydrogen (secondary N) is 1. The van der Waals surface area contributed by atoms with Gasteiger partial charge in [0.1, 0.15) is 5.69 Å². The maximum absolute atomic E-state index is 11.3. The minimum atomic E-state index is -0.120. The van der Waals surface area contributed by atoms with Gasteiger partial charge in [-0.05, 0) is 12.8 Å². The van der Waals surface area contributed by atoms with Gasteiger partial charge in [-0.1, -0.05) is 0 Å². The van der Waals surface area contributed by atoms with Gasteiger partial charge in [0.05, 0.1) is 6.20 Å². The Morgan fingerprint density at radius 1 is 1.50 bits per heavy atom. The number of aromatic nitrogens is 2. The average molecular weight is 163 g/mol. The Kier molecular flexibility index (Phi) is 1.74. The summed E-state index contributed by atoms with van der Waals surface area (Å²) >= 11 is 0. The Morgan fingerprint density at radius 2 is 2.33 bits per heavy atom. The van der Waals surface area contributed by atoms with Crippen LogP contribution >= 0.6 is 0 Å². The van der Waals surface area contributed by atoms with Crippen molar-refractivity contribution >= 4 is 5.91 Å². The van der Waals surface area contributed by atoms with E-state index in [0.29, 0.717) is 11.7 Å².